The molecule has 0 spiro atoms. The van der Waals surface area contributed by atoms with Gasteiger partial charge in [-0.2, -0.15) is 13.2 Å². The number of pyridine rings is 1. The molecule has 8 nitrogen and oxygen atoms in total. The number of aromatic nitrogens is 1. The Morgan fingerprint density at radius 3 is 2.49 bits per heavy atom. The first-order valence-corrected chi connectivity index (χ1v) is 14.0. The molecule has 0 saturated carbocycles. The lowest BCUT2D eigenvalue weighted by molar-refractivity contribution is -0.137. The Hall–Kier alpha value is -4.12. The quantitative estimate of drug-likeness (QED) is 0.285. The van der Waals surface area contributed by atoms with Crippen LogP contribution in [0.2, 0.25) is 0 Å². The molecule has 2 heterocycles. The number of amides is 2. The van der Waals surface area contributed by atoms with Crippen molar-refractivity contribution >= 4 is 23.3 Å². The molecule has 11 heteroatoms. The number of carbonyl (C=O) groups is 2. The van der Waals surface area contributed by atoms with Crippen LogP contribution in [0.25, 0.3) is 0 Å². The zero-order chi connectivity index (χ0) is 29.7. The van der Waals surface area contributed by atoms with Gasteiger partial charge >= 0.3 is 6.18 Å². The second kappa shape index (κ2) is 13.9. The average molecular weight is 599 g/mol. The van der Waals surface area contributed by atoms with Crippen LogP contribution in [-0.2, 0) is 28.6 Å². The average Bonchev–Trinajstić information content (AvgIpc) is 3.45. The number of hydrogen-bond donors (Lipinski definition) is 2. The number of alkyl halides is 3. The van der Waals surface area contributed by atoms with E-state index in [-0.39, 0.29) is 37.3 Å². The normalized spacial score (nSPS) is 16.5. The number of carbonyl (C=O) groups excluding carboxylic acids is 2. The predicted octanol–water partition coefficient (Wildman–Crippen LogP) is 6.71. The molecule has 1 aliphatic heterocycles. The van der Waals surface area contributed by atoms with Gasteiger partial charge in [0.05, 0.1) is 5.56 Å². The molecule has 1 saturated heterocycles. The van der Waals surface area contributed by atoms with Crippen molar-refractivity contribution in [3.63, 3.8) is 0 Å². The molecule has 0 bridgehead atoms. The molecule has 1 atom stereocenters. The summed E-state index contributed by atoms with van der Waals surface area (Å²) in [5.41, 5.74) is 1.21. The third-order valence-electron chi connectivity index (χ3n) is 7.42. The summed E-state index contributed by atoms with van der Waals surface area (Å²) in [6.07, 6.45) is 0.827. The van der Waals surface area contributed by atoms with Gasteiger partial charge in [0.15, 0.2) is 0 Å². The zero-order valence-corrected chi connectivity index (χ0v) is 23.3. The number of benzene rings is 2. The van der Waals surface area contributed by atoms with E-state index in [1.165, 1.54) is 19.2 Å². The number of anilines is 2. The number of halogens is 3. The highest BCUT2D eigenvalue weighted by molar-refractivity contribution is 5.93. The summed E-state index contributed by atoms with van der Waals surface area (Å²) in [6.45, 7) is 4.24. The van der Waals surface area contributed by atoms with Crippen LogP contribution in [0, 0.1) is 5.92 Å². The van der Waals surface area contributed by atoms with Crippen LogP contribution in [-0.4, -0.2) is 47.9 Å². The first-order valence-electron chi connectivity index (χ1n) is 14.0. The molecule has 43 heavy (non-hydrogen) atoms. The molecule has 2 aromatic carbocycles. The Kier molecular flexibility index (Phi) is 10.3. The van der Waals surface area contributed by atoms with Crippen molar-refractivity contribution in [2.24, 2.45) is 5.92 Å². The summed E-state index contributed by atoms with van der Waals surface area (Å²) in [5.74, 6) is 0.476. The van der Waals surface area contributed by atoms with Gasteiger partial charge in [-0.25, -0.2) is 4.98 Å². The number of ether oxygens (including phenoxy) is 2. The van der Waals surface area contributed by atoms with E-state index in [4.69, 9.17) is 9.47 Å². The van der Waals surface area contributed by atoms with Gasteiger partial charge in [-0.1, -0.05) is 13.5 Å². The van der Waals surface area contributed by atoms with Crippen LogP contribution >= 0.6 is 0 Å². The van der Waals surface area contributed by atoms with Crippen LogP contribution in [0.3, 0.4) is 0 Å². The van der Waals surface area contributed by atoms with Gasteiger partial charge in [0, 0.05) is 43.4 Å². The van der Waals surface area contributed by atoms with Crippen molar-refractivity contribution in [1.29, 1.82) is 0 Å². The monoisotopic (exact) mass is 598 g/mol. The number of rotatable bonds is 9. The predicted molar refractivity (Wildman–Crippen MR) is 159 cm³/mol. The summed E-state index contributed by atoms with van der Waals surface area (Å²) < 4.78 is 52.5. The molecule has 0 radical (unpaired) electrons. The zero-order valence-electron chi connectivity index (χ0n) is 23.3. The minimum atomic E-state index is -4.58. The van der Waals surface area contributed by atoms with Gasteiger partial charge in [0.2, 0.25) is 11.8 Å². The van der Waals surface area contributed by atoms with Crippen molar-refractivity contribution in [1.82, 2.24) is 9.88 Å². The second-order valence-corrected chi connectivity index (χ2v) is 10.7. The maximum atomic E-state index is 13.6. The van der Waals surface area contributed by atoms with Gasteiger partial charge in [-0.05, 0) is 86.7 Å². The van der Waals surface area contributed by atoms with Crippen molar-refractivity contribution in [2.45, 2.75) is 52.6 Å². The highest BCUT2D eigenvalue weighted by Crippen LogP contribution is 2.35. The molecule has 1 fully saturated rings. The molecule has 1 aliphatic carbocycles. The van der Waals surface area contributed by atoms with Crippen LogP contribution in [0.1, 0.15) is 50.3 Å². The Bertz CT molecular complexity index is 1440. The van der Waals surface area contributed by atoms with Crippen molar-refractivity contribution in [3.05, 3.63) is 71.4 Å². The Balaban J connectivity index is 0.00000423. The number of hydrogen-bond acceptors (Lipinski definition) is 6. The van der Waals surface area contributed by atoms with Gasteiger partial charge < -0.3 is 20.1 Å². The summed E-state index contributed by atoms with van der Waals surface area (Å²) in [7, 11) is 0. The van der Waals surface area contributed by atoms with Gasteiger partial charge in [0.25, 0.3) is 0 Å². The molecular weight excluding hydrogens is 561 g/mol. The molecule has 1 aromatic heterocycles. The van der Waals surface area contributed by atoms with E-state index in [0.29, 0.717) is 43.1 Å². The first kappa shape index (κ1) is 31.8. The first-order chi connectivity index (χ1) is 20.1. The van der Waals surface area contributed by atoms with Crippen molar-refractivity contribution in [2.75, 3.05) is 36.9 Å². The highest BCUT2D eigenvalue weighted by atomic mass is 19.4. The number of aryl methyl sites for hydroxylation is 1. The SMILES string of the molecule is C.CC(=O)Nc1cc(Oc2ccc3c(c2)CC(C(=O)Nc2cc(OCCN4CCCC4)cc(C(F)(F)F)c2)CC3)ccn1. The Morgan fingerprint density at radius 1 is 0.977 bits per heavy atom. The van der Waals surface area contributed by atoms with E-state index >= 15 is 0 Å². The van der Waals surface area contributed by atoms with E-state index in [1.54, 1.807) is 12.1 Å². The van der Waals surface area contributed by atoms with Crippen LogP contribution < -0.4 is 20.1 Å². The third-order valence-corrected chi connectivity index (χ3v) is 7.42. The molecule has 2 amide bonds. The third kappa shape index (κ3) is 8.70. The van der Waals surface area contributed by atoms with Crippen LogP contribution in [0.5, 0.6) is 17.2 Å². The summed E-state index contributed by atoms with van der Waals surface area (Å²) in [4.78, 5) is 30.9. The van der Waals surface area contributed by atoms with Crippen molar-refractivity contribution < 1.29 is 32.2 Å². The summed E-state index contributed by atoms with van der Waals surface area (Å²) in [5, 5.41) is 5.31. The van der Waals surface area contributed by atoms with Gasteiger partial charge in [0.1, 0.15) is 29.7 Å². The fourth-order valence-electron chi connectivity index (χ4n) is 5.34. The summed E-state index contributed by atoms with van der Waals surface area (Å²) in [6, 6.07) is 12.3. The molecule has 230 valence electrons. The Labute approximate surface area is 249 Å². The number of nitrogens with zero attached hydrogens (tertiary/aromatic N) is 2. The molecule has 1 unspecified atom stereocenters. The lowest BCUT2D eigenvalue weighted by atomic mass is 9.83. The fourth-order valence-corrected chi connectivity index (χ4v) is 5.34. The van der Waals surface area contributed by atoms with Crippen LogP contribution in [0.15, 0.2) is 54.7 Å². The van der Waals surface area contributed by atoms with E-state index < -0.39 is 17.7 Å². The maximum Gasteiger partial charge on any atom is 0.416 e. The largest absolute Gasteiger partial charge is 0.492 e. The second-order valence-electron chi connectivity index (χ2n) is 10.7. The molecule has 2 aliphatic rings. The molecule has 3 aromatic rings. The highest BCUT2D eigenvalue weighted by Gasteiger charge is 2.32. The molecule has 5 rings (SSSR count). The molecular formula is C32H37F3N4O4. The maximum absolute atomic E-state index is 13.6. The minimum absolute atomic E-state index is 0. The number of likely N-dealkylation sites (tertiary alicyclic amines) is 1. The molecule has 2 N–H and O–H groups in total. The lowest BCUT2D eigenvalue weighted by Gasteiger charge is -2.25. The topological polar surface area (TPSA) is 92.8 Å². The van der Waals surface area contributed by atoms with E-state index in [2.05, 4.69) is 20.5 Å². The lowest BCUT2D eigenvalue weighted by Crippen LogP contribution is -2.28. The minimum Gasteiger partial charge on any atom is -0.492 e. The number of fused-ring (bicyclic) bond motifs is 1. The van der Waals surface area contributed by atoms with E-state index in [1.807, 2.05) is 18.2 Å². The van der Waals surface area contributed by atoms with Crippen molar-refractivity contribution in [3.8, 4) is 17.2 Å². The standard InChI is InChI=1S/C31H33F3N4O4.CH4/c1-20(39)36-29-19-27(8-9-35-29)42-26-7-6-21-4-5-22(14-23(21)15-26)30(40)37-25-16-24(31(32,33)34)17-28(18-25)41-13-12-38-10-2-3-11-38;/h6-9,15-19,22H,2-5,10-14H2,1H3,(H,37,40)(H,35,36,39);1H4. The number of nitrogens with one attached hydrogen (secondary N) is 2. The van der Waals surface area contributed by atoms with Gasteiger partial charge in [-0.3, -0.25) is 14.5 Å². The fraction of sp³-hybridized carbons (Fsp3) is 0.406. The van der Waals surface area contributed by atoms with Crippen LogP contribution in [0.4, 0.5) is 24.7 Å². The van der Waals surface area contributed by atoms with E-state index in [0.717, 1.165) is 49.2 Å². The van der Waals surface area contributed by atoms with Gasteiger partial charge in [-0.15, -0.1) is 0 Å². The Morgan fingerprint density at radius 2 is 1.74 bits per heavy atom. The smallest absolute Gasteiger partial charge is 0.416 e. The van der Waals surface area contributed by atoms with E-state index in [9.17, 15) is 22.8 Å². The summed E-state index contributed by atoms with van der Waals surface area (Å²) >= 11 is 0.